The van der Waals surface area contributed by atoms with Crippen LogP contribution in [0.3, 0.4) is 0 Å². The number of aromatic nitrogens is 4. The van der Waals surface area contributed by atoms with Crippen LogP contribution in [0, 0.1) is 0 Å². The van der Waals surface area contributed by atoms with Gasteiger partial charge < -0.3 is 14.0 Å². The zero-order valence-electron chi connectivity index (χ0n) is 33.1. The zero-order valence-corrected chi connectivity index (χ0v) is 33.1. The van der Waals surface area contributed by atoms with E-state index in [1.54, 1.807) is 0 Å². The third-order valence-corrected chi connectivity index (χ3v) is 11.9. The monoisotopic (exact) mass is 779 g/mol. The summed E-state index contributed by atoms with van der Waals surface area (Å²) >= 11 is 0. The first-order valence-electron chi connectivity index (χ1n) is 20.7. The lowest BCUT2D eigenvalue weighted by Crippen LogP contribution is -2.09. The predicted octanol–water partition coefficient (Wildman–Crippen LogP) is 14.6. The molecule has 3 heterocycles. The molecule has 3 aromatic heterocycles. The Bertz CT molecular complexity index is 3480. The molecule has 0 unspecified atom stereocenters. The number of para-hydroxylation sites is 6. The maximum absolute atomic E-state index is 5.38. The minimum absolute atomic E-state index is 0.689. The molecule has 5 nitrogen and oxygen atoms in total. The summed E-state index contributed by atoms with van der Waals surface area (Å²) in [7, 11) is 0. The van der Waals surface area contributed by atoms with Crippen molar-refractivity contribution in [1.29, 1.82) is 0 Å². The number of fused-ring (bicyclic) bond motifs is 7. The minimum atomic E-state index is 0.689. The van der Waals surface area contributed by atoms with E-state index in [2.05, 4.69) is 238 Å². The molecule has 9 aromatic carbocycles. The van der Waals surface area contributed by atoms with Crippen molar-refractivity contribution in [2.45, 2.75) is 0 Å². The third kappa shape index (κ3) is 5.78. The lowest BCUT2D eigenvalue weighted by atomic mass is 10.0. The molecular formula is C56H37N5. The molecule has 12 aromatic rings. The van der Waals surface area contributed by atoms with Crippen LogP contribution in [0.15, 0.2) is 224 Å². The van der Waals surface area contributed by atoms with Gasteiger partial charge in [0, 0.05) is 66.5 Å². The molecule has 0 saturated heterocycles. The molecule has 61 heavy (non-hydrogen) atoms. The van der Waals surface area contributed by atoms with E-state index >= 15 is 0 Å². The Hall–Kier alpha value is -8.28. The molecule has 0 saturated carbocycles. The van der Waals surface area contributed by atoms with E-state index in [1.165, 1.54) is 21.8 Å². The Kier molecular flexibility index (Phi) is 8.10. The predicted molar refractivity (Wildman–Crippen MR) is 254 cm³/mol. The first kappa shape index (κ1) is 34.7. The number of benzene rings is 9. The standard InChI is InChI=1S/C56H37N5/c1-4-16-40(17-5-1)59(41-18-6-2-7-19-41)44-33-35-54-49(37-44)48-36-39(30-34-53(48)60(54)42-20-8-3-9-21-42)56-57-50-25-13-10-24-47(50)55(58-56)38-28-31-43(32-29-38)61-51-26-14-11-22-45(51)46-23-12-15-27-52(46)61/h1-37H. The van der Waals surface area contributed by atoms with Crippen molar-refractivity contribution in [2.24, 2.45) is 0 Å². The molecule has 0 aliphatic rings. The van der Waals surface area contributed by atoms with Crippen LogP contribution in [-0.4, -0.2) is 19.1 Å². The Labute approximate surface area is 352 Å². The van der Waals surface area contributed by atoms with Crippen molar-refractivity contribution in [3.05, 3.63) is 224 Å². The summed E-state index contributed by atoms with van der Waals surface area (Å²) in [5.41, 5.74) is 13.9. The quantitative estimate of drug-likeness (QED) is 0.162. The van der Waals surface area contributed by atoms with E-state index in [0.717, 1.165) is 78.0 Å². The normalized spacial score (nSPS) is 11.6. The highest BCUT2D eigenvalue weighted by atomic mass is 15.1. The largest absolute Gasteiger partial charge is 0.310 e. The smallest absolute Gasteiger partial charge is 0.160 e. The molecule has 0 aliphatic carbocycles. The molecule has 0 fully saturated rings. The SMILES string of the molecule is c1ccc(N(c2ccccc2)c2ccc3c(c2)c2cc(-c4nc(-c5ccc(-n6c7ccccc7c7ccccc76)cc5)c5ccccc5n4)ccc2n3-c2ccccc2)cc1. The van der Waals surface area contributed by atoms with Gasteiger partial charge in [-0.15, -0.1) is 0 Å². The fourth-order valence-corrected chi connectivity index (χ4v) is 9.14. The van der Waals surface area contributed by atoms with Crippen molar-refractivity contribution in [2.75, 3.05) is 4.90 Å². The molecule has 0 N–H and O–H groups in total. The van der Waals surface area contributed by atoms with E-state index in [9.17, 15) is 0 Å². The average Bonchev–Trinajstić information content (AvgIpc) is 3.85. The minimum Gasteiger partial charge on any atom is -0.310 e. The molecule has 0 radical (unpaired) electrons. The van der Waals surface area contributed by atoms with E-state index in [1.807, 2.05) is 0 Å². The molecule has 5 heteroatoms. The van der Waals surface area contributed by atoms with Gasteiger partial charge in [0.1, 0.15) is 0 Å². The van der Waals surface area contributed by atoms with Crippen molar-refractivity contribution >= 4 is 71.6 Å². The number of rotatable bonds is 7. The molecule has 286 valence electrons. The summed E-state index contributed by atoms with van der Waals surface area (Å²) in [6.07, 6.45) is 0. The first-order valence-corrected chi connectivity index (χ1v) is 20.7. The van der Waals surface area contributed by atoms with Gasteiger partial charge >= 0.3 is 0 Å². The summed E-state index contributed by atoms with van der Waals surface area (Å²) in [5.74, 6) is 0.689. The highest BCUT2D eigenvalue weighted by Gasteiger charge is 2.20. The average molecular weight is 780 g/mol. The molecule has 0 bridgehead atoms. The summed E-state index contributed by atoms with van der Waals surface area (Å²) in [5, 5.41) is 5.80. The third-order valence-electron chi connectivity index (χ3n) is 11.9. The summed E-state index contributed by atoms with van der Waals surface area (Å²) in [6, 6.07) is 79.6. The van der Waals surface area contributed by atoms with Crippen molar-refractivity contribution < 1.29 is 0 Å². The number of nitrogens with zero attached hydrogens (tertiary/aromatic N) is 5. The van der Waals surface area contributed by atoms with Gasteiger partial charge in [0.05, 0.1) is 33.3 Å². The van der Waals surface area contributed by atoms with Gasteiger partial charge in [0.15, 0.2) is 5.82 Å². The Balaban J connectivity index is 1.02. The lowest BCUT2D eigenvalue weighted by Gasteiger charge is -2.25. The summed E-state index contributed by atoms with van der Waals surface area (Å²) in [4.78, 5) is 12.9. The molecule has 12 rings (SSSR count). The number of hydrogen-bond acceptors (Lipinski definition) is 3. The fourth-order valence-electron chi connectivity index (χ4n) is 9.14. The van der Waals surface area contributed by atoms with E-state index in [4.69, 9.17) is 9.97 Å². The lowest BCUT2D eigenvalue weighted by molar-refractivity contribution is 1.18. The van der Waals surface area contributed by atoms with Gasteiger partial charge in [-0.3, -0.25) is 0 Å². The Morgan fingerprint density at radius 2 is 0.787 bits per heavy atom. The van der Waals surface area contributed by atoms with Gasteiger partial charge in [-0.2, -0.15) is 0 Å². The summed E-state index contributed by atoms with van der Waals surface area (Å²) < 4.78 is 4.71. The molecule has 0 aliphatic heterocycles. The van der Waals surface area contributed by atoms with Gasteiger partial charge in [0.2, 0.25) is 0 Å². The second-order valence-corrected chi connectivity index (χ2v) is 15.4. The number of anilines is 3. The van der Waals surface area contributed by atoms with Crippen LogP contribution in [0.2, 0.25) is 0 Å². The van der Waals surface area contributed by atoms with Gasteiger partial charge in [-0.05, 0) is 103 Å². The highest BCUT2D eigenvalue weighted by molar-refractivity contribution is 6.12. The second kappa shape index (κ2) is 14.2. The zero-order chi connectivity index (χ0) is 40.3. The Morgan fingerprint density at radius 3 is 1.43 bits per heavy atom. The second-order valence-electron chi connectivity index (χ2n) is 15.4. The van der Waals surface area contributed by atoms with Crippen LogP contribution < -0.4 is 4.90 Å². The van der Waals surface area contributed by atoms with E-state index in [0.29, 0.717) is 5.82 Å². The van der Waals surface area contributed by atoms with Crippen LogP contribution in [-0.2, 0) is 0 Å². The van der Waals surface area contributed by atoms with Crippen molar-refractivity contribution in [3.8, 4) is 34.0 Å². The molecular weight excluding hydrogens is 743 g/mol. The fraction of sp³-hybridized carbons (Fsp3) is 0. The van der Waals surface area contributed by atoms with Gasteiger partial charge in [-0.25, -0.2) is 9.97 Å². The first-order chi connectivity index (χ1) is 30.3. The van der Waals surface area contributed by atoms with Crippen LogP contribution in [0.25, 0.3) is 88.5 Å². The number of hydrogen-bond donors (Lipinski definition) is 0. The molecule has 0 amide bonds. The van der Waals surface area contributed by atoms with Crippen molar-refractivity contribution in [3.63, 3.8) is 0 Å². The summed E-state index contributed by atoms with van der Waals surface area (Å²) in [6.45, 7) is 0. The molecule has 0 spiro atoms. The molecule has 0 atom stereocenters. The maximum Gasteiger partial charge on any atom is 0.160 e. The van der Waals surface area contributed by atoms with Crippen molar-refractivity contribution in [1.82, 2.24) is 19.1 Å². The Morgan fingerprint density at radius 1 is 0.311 bits per heavy atom. The van der Waals surface area contributed by atoms with E-state index < -0.39 is 0 Å². The highest BCUT2D eigenvalue weighted by Crippen LogP contribution is 2.41. The maximum atomic E-state index is 5.38. The van der Waals surface area contributed by atoms with Crippen LogP contribution in [0.5, 0.6) is 0 Å². The van der Waals surface area contributed by atoms with Crippen LogP contribution in [0.4, 0.5) is 17.1 Å². The van der Waals surface area contributed by atoms with Gasteiger partial charge in [0.25, 0.3) is 0 Å². The van der Waals surface area contributed by atoms with Crippen LogP contribution >= 0.6 is 0 Å². The van der Waals surface area contributed by atoms with Gasteiger partial charge in [-0.1, -0.05) is 121 Å². The topological polar surface area (TPSA) is 38.9 Å². The van der Waals surface area contributed by atoms with E-state index in [-0.39, 0.29) is 0 Å². The van der Waals surface area contributed by atoms with Crippen LogP contribution in [0.1, 0.15) is 0 Å².